The highest BCUT2D eigenvalue weighted by Gasteiger charge is 2.31. The van der Waals surface area contributed by atoms with Gasteiger partial charge in [0.05, 0.1) is 0 Å². The molecule has 0 saturated carbocycles. The number of aliphatic hydroxyl groups is 1. The van der Waals surface area contributed by atoms with Crippen LogP contribution in [0.3, 0.4) is 0 Å². The van der Waals surface area contributed by atoms with Crippen molar-refractivity contribution in [3.8, 4) is 0 Å². The molecule has 7 nitrogen and oxygen atoms in total. The number of piperidine rings is 1. The van der Waals surface area contributed by atoms with Crippen LogP contribution in [-0.2, 0) is 15.0 Å². The lowest BCUT2D eigenvalue weighted by molar-refractivity contribution is -0.139. The number of rotatable bonds is 6. The van der Waals surface area contributed by atoms with Crippen LogP contribution in [-0.4, -0.2) is 54.6 Å². The lowest BCUT2D eigenvalue weighted by Gasteiger charge is -2.30. The Morgan fingerprint density at radius 2 is 2.22 bits per heavy atom. The van der Waals surface area contributed by atoms with Gasteiger partial charge in [0, 0.05) is 19.7 Å². The number of hydrogen-bond donors (Lipinski definition) is 3. The van der Waals surface area contributed by atoms with E-state index in [-0.39, 0.29) is 18.9 Å². The van der Waals surface area contributed by atoms with Gasteiger partial charge in [0.25, 0.3) is 10.2 Å². The molecule has 0 spiro atoms. The van der Waals surface area contributed by atoms with Gasteiger partial charge in [-0.1, -0.05) is 6.92 Å². The summed E-state index contributed by atoms with van der Waals surface area (Å²) in [5.74, 6) is -1.01. The second-order valence-corrected chi connectivity index (χ2v) is 6.33. The van der Waals surface area contributed by atoms with Crippen molar-refractivity contribution in [2.45, 2.75) is 32.2 Å². The third kappa shape index (κ3) is 4.20. The summed E-state index contributed by atoms with van der Waals surface area (Å²) < 4.78 is 27.4. The first-order valence-electron chi connectivity index (χ1n) is 5.98. The quantitative estimate of drug-likeness (QED) is 0.601. The van der Waals surface area contributed by atoms with Gasteiger partial charge in [-0.25, -0.2) is 0 Å². The molecule has 1 saturated heterocycles. The van der Waals surface area contributed by atoms with Crippen LogP contribution in [0, 0.1) is 5.92 Å². The SMILES string of the molecule is CC1CCCN(S(=O)(=O)N[C@@H](CCO)C(=O)O)C1. The van der Waals surface area contributed by atoms with E-state index < -0.39 is 22.2 Å². The van der Waals surface area contributed by atoms with Crippen molar-refractivity contribution in [1.29, 1.82) is 0 Å². The fourth-order valence-electron chi connectivity index (χ4n) is 1.98. The predicted octanol–water partition coefficient (Wildman–Crippen LogP) is -0.612. The molecule has 0 radical (unpaired) electrons. The summed E-state index contributed by atoms with van der Waals surface area (Å²) in [5.41, 5.74) is 0. The van der Waals surface area contributed by atoms with Crippen molar-refractivity contribution in [3.05, 3.63) is 0 Å². The van der Waals surface area contributed by atoms with E-state index in [9.17, 15) is 13.2 Å². The monoisotopic (exact) mass is 280 g/mol. The normalized spacial score (nSPS) is 23.8. The number of nitrogens with one attached hydrogen (secondary N) is 1. The van der Waals surface area contributed by atoms with Gasteiger partial charge in [-0.15, -0.1) is 0 Å². The summed E-state index contributed by atoms with van der Waals surface area (Å²) >= 11 is 0. The number of hydrogen-bond acceptors (Lipinski definition) is 4. The maximum Gasteiger partial charge on any atom is 0.321 e. The van der Waals surface area contributed by atoms with Gasteiger partial charge >= 0.3 is 5.97 Å². The van der Waals surface area contributed by atoms with Crippen LogP contribution in [0.1, 0.15) is 26.2 Å². The Kier molecular flexibility index (Phi) is 5.51. The highest BCUT2D eigenvalue weighted by molar-refractivity contribution is 7.87. The minimum Gasteiger partial charge on any atom is -0.480 e. The molecule has 0 amide bonds. The van der Waals surface area contributed by atoms with Crippen LogP contribution in [0.25, 0.3) is 0 Å². The zero-order chi connectivity index (χ0) is 13.8. The molecule has 2 atom stereocenters. The number of carboxylic acid groups (broad SMARTS) is 1. The van der Waals surface area contributed by atoms with Crippen molar-refractivity contribution in [2.75, 3.05) is 19.7 Å². The third-order valence-electron chi connectivity index (χ3n) is 2.97. The Morgan fingerprint density at radius 1 is 1.56 bits per heavy atom. The van der Waals surface area contributed by atoms with Crippen molar-refractivity contribution in [1.82, 2.24) is 9.03 Å². The zero-order valence-electron chi connectivity index (χ0n) is 10.4. The van der Waals surface area contributed by atoms with E-state index in [0.717, 1.165) is 12.8 Å². The number of aliphatic hydroxyl groups excluding tert-OH is 1. The molecular formula is C10H20N2O5S. The second-order valence-electron chi connectivity index (χ2n) is 4.63. The minimum absolute atomic E-state index is 0.141. The molecule has 1 aliphatic rings. The lowest BCUT2D eigenvalue weighted by atomic mass is 10.0. The van der Waals surface area contributed by atoms with Gasteiger partial charge in [0.1, 0.15) is 6.04 Å². The summed E-state index contributed by atoms with van der Waals surface area (Å²) in [6.45, 7) is 2.39. The maximum absolute atomic E-state index is 12.0. The van der Waals surface area contributed by atoms with Crippen molar-refractivity contribution < 1.29 is 23.4 Å². The zero-order valence-corrected chi connectivity index (χ0v) is 11.2. The van der Waals surface area contributed by atoms with E-state index >= 15 is 0 Å². The summed E-state index contributed by atoms with van der Waals surface area (Å²) in [5, 5.41) is 17.6. The van der Waals surface area contributed by atoms with Crippen LogP contribution in [0.15, 0.2) is 0 Å². The van der Waals surface area contributed by atoms with Gasteiger partial charge in [-0.3, -0.25) is 4.79 Å². The summed E-state index contributed by atoms with van der Waals surface area (Å²) in [7, 11) is -3.79. The average Bonchev–Trinajstić information content (AvgIpc) is 2.28. The second kappa shape index (κ2) is 6.46. The smallest absolute Gasteiger partial charge is 0.321 e. The lowest BCUT2D eigenvalue weighted by Crippen LogP contribution is -2.51. The van der Waals surface area contributed by atoms with Crippen LogP contribution in [0.2, 0.25) is 0 Å². The first-order valence-corrected chi connectivity index (χ1v) is 7.42. The van der Waals surface area contributed by atoms with Crippen molar-refractivity contribution in [2.24, 2.45) is 5.92 Å². The predicted molar refractivity (Wildman–Crippen MR) is 65.2 cm³/mol. The Morgan fingerprint density at radius 3 is 2.72 bits per heavy atom. The molecule has 0 aromatic heterocycles. The number of carbonyl (C=O) groups is 1. The van der Waals surface area contributed by atoms with Crippen molar-refractivity contribution in [3.63, 3.8) is 0 Å². The first kappa shape index (κ1) is 15.4. The van der Waals surface area contributed by atoms with Gasteiger partial charge in [-0.05, 0) is 25.2 Å². The molecule has 1 heterocycles. The fourth-order valence-corrected chi connectivity index (χ4v) is 3.53. The molecule has 1 unspecified atom stereocenters. The number of carboxylic acids is 1. The molecule has 106 valence electrons. The highest BCUT2D eigenvalue weighted by atomic mass is 32.2. The molecule has 1 rings (SSSR count). The standard InChI is InChI=1S/C10H20N2O5S/c1-8-3-2-5-12(7-8)18(16,17)11-9(4-6-13)10(14)15/h8-9,11,13H,2-7H2,1H3,(H,14,15)/t8?,9-/m0/s1. The van der Waals surface area contributed by atoms with Gasteiger partial charge in [0.2, 0.25) is 0 Å². The molecular weight excluding hydrogens is 260 g/mol. The van der Waals surface area contributed by atoms with E-state index in [1.165, 1.54) is 4.31 Å². The summed E-state index contributed by atoms with van der Waals surface area (Å²) in [4.78, 5) is 10.9. The third-order valence-corrected chi connectivity index (χ3v) is 4.56. The van der Waals surface area contributed by atoms with Crippen LogP contribution in [0.5, 0.6) is 0 Å². The molecule has 1 aliphatic heterocycles. The van der Waals surface area contributed by atoms with E-state index in [4.69, 9.17) is 10.2 Å². The van der Waals surface area contributed by atoms with Gasteiger partial charge in [-0.2, -0.15) is 17.4 Å². The van der Waals surface area contributed by atoms with Gasteiger partial charge in [0.15, 0.2) is 0 Å². The Labute approximate surface area is 107 Å². The largest absolute Gasteiger partial charge is 0.480 e. The number of aliphatic carboxylic acids is 1. The van der Waals surface area contributed by atoms with E-state index in [0.29, 0.717) is 13.1 Å². The molecule has 0 aromatic carbocycles. The minimum atomic E-state index is -3.79. The van der Waals surface area contributed by atoms with E-state index in [1.54, 1.807) is 0 Å². The maximum atomic E-state index is 12.0. The molecule has 0 aliphatic carbocycles. The topological polar surface area (TPSA) is 107 Å². The van der Waals surface area contributed by atoms with Crippen LogP contribution in [0.4, 0.5) is 0 Å². The highest BCUT2D eigenvalue weighted by Crippen LogP contribution is 2.18. The van der Waals surface area contributed by atoms with Crippen LogP contribution >= 0.6 is 0 Å². The van der Waals surface area contributed by atoms with Crippen LogP contribution < -0.4 is 4.72 Å². The Balaban J connectivity index is 2.70. The Hall–Kier alpha value is -0.700. The van der Waals surface area contributed by atoms with E-state index in [2.05, 4.69) is 4.72 Å². The van der Waals surface area contributed by atoms with E-state index in [1.807, 2.05) is 6.92 Å². The molecule has 18 heavy (non-hydrogen) atoms. The van der Waals surface area contributed by atoms with Crippen molar-refractivity contribution >= 4 is 16.2 Å². The first-order chi connectivity index (χ1) is 8.36. The fraction of sp³-hybridized carbons (Fsp3) is 0.900. The molecule has 3 N–H and O–H groups in total. The average molecular weight is 280 g/mol. The molecule has 8 heteroatoms. The van der Waals surface area contributed by atoms with Gasteiger partial charge < -0.3 is 10.2 Å². The molecule has 1 fully saturated rings. The summed E-state index contributed by atoms with van der Waals surface area (Å²) in [6.07, 6.45) is 1.61. The Bertz CT molecular complexity index is 384. The number of nitrogens with zero attached hydrogens (tertiary/aromatic N) is 1. The molecule has 0 aromatic rings. The molecule has 0 bridgehead atoms. The summed E-state index contributed by atoms with van der Waals surface area (Å²) in [6, 6.07) is -1.28.